The Morgan fingerprint density at radius 1 is 1.21 bits per heavy atom. The van der Waals surface area contributed by atoms with Crippen LogP contribution in [0.3, 0.4) is 0 Å². The van der Waals surface area contributed by atoms with E-state index >= 15 is 0 Å². The lowest BCUT2D eigenvalue weighted by molar-refractivity contribution is -0.142. The van der Waals surface area contributed by atoms with Crippen LogP contribution < -0.4 is 4.74 Å². The van der Waals surface area contributed by atoms with Crippen molar-refractivity contribution in [2.75, 3.05) is 25.7 Å². The number of nitrogens with zero attached hydrogens (tertiary/aromatic N) is 2. The molecule has 2 heterocycles. The van der Waals surface area contributed by atoms with E-state index in [1.165, 1.54) is 5.56 Å². The second-order valence-corrected chi connectivity index (χ2v) is 8.58. The lowest BCUT2D eigenvalue weighted by atomic mass is 10.0. The lowest BCUT2D eigenvalue weighted by Gasteiger charge is -2.36. The molecule has 1 aromatic carbocycles. The van der Waals surface area contributed by atoms with Gasteiger partial charge in [0.25, 0.3) is 0 Å². The largest absolute Gasteiger partial charge is 0.493 e. The van der Waals surface area contributed by atoms with Crippen LogP contribution in [-0.4, -0.2) is 41.9 Å². The smallest absolute Gasteiger partial charge is 0.311 e. The molecule has 1 aliphatic heterocycles. The van der Waals surface area contributed by atoms with Crippen LogP contribution in [0.4, 0.5) is 0 Å². The minimum atomic E-state index is -0.307. The molecule has 0 saturated heterocycles. The first-order valence-electron chi connectivity index (χ1n) is 8.98. The predicted octanol–water partition coefficient (Wildman–Crippen LogP) is 3.64. The van der Waals surface area contributed by atoms with Crippen molar-refractivity contribution in [3.8, 4) is 17.6 Å². The Labute approximate surface area is 174 Å². The highest BCUT2D eigenvalue weighted by atomic mass is 32.2. The maximum absolute atomic E-state index is 11.5. The van der Waals surface area contributed by atoms with E-state index in [1.807, 2.05) is 35.7 Å². The molecule has 5 nitrogen and oxygen atoms in total. The maximum Gasteiger partial charge on any atom is 0.311 e. The summed E-state index contributed by atoms with van der Waals surface area (Å²) >= 11 is 3.69. The zero-order valence-electron chi connectivity index (χ0n) is 16.2. The van der Waals surface area contributed by atoms with E-state index in [9.17, 15) is 4.79 Å². The summed E-state index contributed by atoms with van der Waals surface area (Å²) in [6, 6.07) is 9.58. The minimum absolute atomic E-state index is 0.000174. The number of thioether (sulfide) groups is 2. The highest BCUT2D eigenvalue weighted by molar-refractivity contribution is 8.16. The Balaban J connectivity index is 1.78. The van der Waals surface area contributed by atoms with Gasteiger partial charge in [0.2, 0.25) is 0 Å². The standard InChI is InChI=1S/C21H22N2O3S2/c1-4-25-20(24)14-17-9-8-16(22-23-17)7-5-15-6-10-19-18(13-15)21(27-2,28-3)11-12-26-19/h6,8-10,13H,4,11-12,14H2,1-3H3. The molecule has 3 rings (SSSR count). The number of esters is 1. The van der Waals surface area contributed by atoms with Crippen LogP contribution in [0, 0.1) is 11.8 Å². The molecule has 2 aromatic rings. The molecule has 1 aliphatic rings. The first-order chi connectivity index (χ1) is 13.6. The van der Waals surface area contributed by atoms with Crippen LogP contribution in [0.15, 0.2) is 30.3 Å². The van der Waals surface area contributed by atoms with Crippen molar-refractivity contribution in [1.29, 1.82) is 0 Å². The number of ether oxygens (including phenoxy) is 2. The van der Waals surface area contributed by atoms with Gasteiger partial charge in [-0.3, -0.25) is 4.79 Å². The molecular weight excluding hydrogens is 392 g/mol. The number of carbonyl (C=O) groups is 1. The van der Waals surface area contributed by atoms with Crippen molar-refractivity contribution in [3.05, 3.63) is 52.8 Å². The number of fused-ring (bicyclic) bond motifs is 1. The van der Waals surface area contributed by atoms with Crippen molar-refractivity contribution >= 4 is 29.5 Å². The minimum Gasteiger partial charge on any atom is -0.493 e. The highest BCUT2D eigenvalue weighted by Crippen LogP contribution is 2.52. The summed E-state index contributed by atoms with van der Waals surface area (Å²) in [6.07, 6.45) is 5.35. The quantitative estimate of drug-likeness (QED) is 0.420. The summed E-state index contributed by atoms with van der Waals surface area (Å²) in [7, 11) is 0. The molecule has 0 saturated carbocycles. The van der Waals surface area contributed by atoms with E-state index in [-0.39, 0.29) is 16.5 Å². The predicted molar refractivity (Wildman–Crippen MR) is 114 cm³/mol. The van der Waals surface area contributed by atoms with Crippen molar-refractivity contribution in [3.63, 3.8) is 0 Å². The van der Waals surface area contributed by atoms with Crippen LogP contribution in [0.2, 0.25) is 0 Å². The molecule has 0 unspecified atom stereocenters. The lowest BCUT2D eigenvalue weighted by Crippen LogP contribution is -2.26. The van der Waals surface area contributed by atoms with Crippen LogP contribution in [-0.2, 0) is 20.0 Å². The zero-order valence-corrected chi connectivity index (χ0v) is 17.8. The average molecular weight is 415 g/mol. The van der Waals surface area contributed by atoms with Crippen molar-refractivity contribution in [1.82, 2.24) is 10.2 Å². The molecule has 7 heteroatoms. The second kappa shape index (κ2) is 9.35. The molecule has 1 aromatic heterocycles. The molecule has 0 fully saturated rings. The highest BCUT2D eigenvalue weighted by Gasteiger charge is 2.36. The molecule has 0 bridgehead atoms. The maximum atomic E-state index is 11.5. The average Bonchev–Trinajstić information content (AvgIpc) is 2.73. The molecule has 28 heavy (non-hydrogen) atoms. The van der Waals surface area contributed by atoms with Gasteiger partial charge in [0.15, 0.2) is 0 Å². The van der Waals surface area contributed by atoms with E-state index in [0.29, 0.717) is 18.0 Å². The fraction of sp³-hybridized carbons (Fsp3) is 0.381. The molecule has 0 spiro atoms. The summed E-state index contributed by atoms with van der Waals surface area (Å²) in [6.45, 7) is 2.86. The summed E-state index contributed by atoms with van der Waals surface area (Å²) in [5.41, 5.74) is 3.22. The van der Waals surface area contributed by atoms with E-state index < -0.39 is 0 Å². The third kappa shape index (κ3) is 4.62. The van der Waals surface area contributed by atoms with E-state index in [1.54, 1.807) is 19.1 Å². The van der Waals surface area contributed by atoms with Gasteiger partial charge in [-0.15, -0.1) is 28.6 Å². The molecule has 0 atom stereocenters. The van der Waals surface area contributed by atoms with Gasteiger partial charge in [-0.25, -0.2) is 0 Å². The van der Waals surface area contributed by atoms with Crippen LogP contribution in [0.25, 0.3) is 0 Å². The Morgan fingerprint density at radius 3 is 2.71 bits per heavy atom. The van der Waals surface area contributed by atoms with E-state index in [0.717, 1.165) is 24.3 Å². The van der Waals surface area contributed by atoms with Crippen molar-refractivity contribution in [2.24, 2.45) is 0 Å². The van der Waals surface area contributed by atoms with Crippen LogP contribution in [0.5, 0.6) is 5.75 Å². The number of hydrogen-bond acceptors (Lipinski definition) is 7. The van der Waals surface area contributed by atoms with Gasteiger partial charge in [0.05, 0.1) is 29.4 Å². The van der Waals surface area contributed by atoms with E-state index in [4.69, 9.17) is 9.47 Å². The normalized spacial score (nSPS) is 14.2. The van der Waals surface area contributed by atoms with Crippen molar-refractivity contribution < 1.29 is 14.3 Å². The Hall–Kier alpha value is -2.17. The number of aromatic nitrogens is 2. The third-order valence-corrected chi connectivity index (χ3v) is 7.59. The van der Waals surface area contributed by atoms with Gasteiger partial charge in [-0.05, 0) is 55.7 Å². The van der Waals surface area contributed by atoms with Gasteiger partial charge in [0, 0.05) is 17.5 Å². The monoisotopic (exact) mass is 414 g/mol. The van der Waals surface area contributed by atoms with E-state index in [2.05, 4.69) is 40.6 Å². The van der Waals surface area contributed by atoms with Gasteiger partial charge in [0.1, 0.15) is 11.4 Å². The number of hydrogen-bond donors (Lipinski definition) is 0. The van der Waals surface area contributed by atoms with Gasteiger partial charge in [-0.2, -0.15) is 5.10 Å². The van der Waals surface area contributed by atoms with Crippen LogP contribution in [0.1, 0.15) is 35.9 Å². The Morgan fingerprint density at radius 2 is 2.04 bits per heavy atom. The molecule has 0 aliphatic carbocycles. The first kappa shape index (κ1) is 20.6. The van der Waals surface area contributed by atoms with Gasteiger partial charge >= 0.3 is 5.97 Å². The number of carbonyl (C=O) groups excluding carboxylic acids is 1. The number of rotatable bonds is 5. The third-order valence-electron chi connectivity index (χ3n) is 4.42. The Bertz CT molecular complexity index is 900. The topological polar surface area (TPSA) is 61.3 Å². The summed E-state index contributed by atoms with van der Waals surface area (Å²) in [5.74, 6) is 6.83. The van der Waals surface area contributed by atoms with Gasteiger partial charge < -0.3 is 9.47 Å². The summed E-state index contributed by atoms with van der Waals surface area (Å²) in [5, 5.41) is 8.14. The second-order valence-electron chi connectivity index (χ2n) is 6.11. The number of benzene rings is 1. The Kier molecular flexibility index (Phi) is 6.87. The fourth-order valence-corrected chi connectivity index (χ4v) is 4.99. The molecule has 0 N–H and O–H groups in total. The molecule has 0 radical (unpaired) electrons. The SMILES string of the molecule is CCOC(=O)Cc1ccc(C#Cc2ccc3c(c2)C(SC)(SC)CCO3)nn1. The summed E-state index contributed by atoms with van der Waals surface area (Å²) < 4.78 is 10.7. The molecule has 0 amide bonds. The fourth-order valence-electron chi connectivity index (χ4n) is 2.99. The van der Waals surface area contributed by atoms with Crippen LogP contribution >= 0.6 is 23.5 Å². The molecule has 146 valence electrons. The van der Waals surface area contributed by atoms with Crippen molar-refractivity contribution in [2.45, 2.75) is 23.8 Å². The summed E-state index contributed by atoms with van der Waals surface area (Å²) in [4.78, 5) is 11.5. The van der Waals surface area contributed by atoms with Gasteiger partial charge in [-0.1, -0.05) is 5.92 Å². The molecular formula is C21H22N2O3S2. The first-order valence-corrected chi connectivity index (χ1v) is 11.4. The zero-order chi connectivity index (χ0) is 20.0.